The van der Waals surface area contributed by atoms with Gasteiger partial charge in [-0.05, 0) is 68.1 Å². The molecule has 7 nitrogen and oxygen atoms in total. The summed E-state index contributed by atoms with van der Waals surface area (Å²) >= 11 is 0. The standard InChI is InChI=1S/C26H30N4O3S/c1-4-24-28-25-19(3)6-5-7-23(25)30(24)21-12-10-20(11-13-21)16-17-27-26(31)29-34(32,33)22-14-8-18(2)9-15-22/h5-15,24,28H,4,16-17H2,1-3H3,(H2,27,29,31). The normalized spacial score (nSPS) is 14.9. The fourth-order valence-electron chi connectivity index (χ4n) is 4.12. The number of hydrogen-bond donors (Lipinski definition) is 3. The van der Waals surface area contributed by atoms with E-state index in [9.17, 15) is 13.2 Å². The Labute approximate surface area is 201 Å². The first-order valence-electron chi connectivity index (χ1n) is 11.4. The van der Waals surface area contributed by atoms with Crippen LogP contribution in [0.5, 0.6) is 0 Å². The van der Waals surface area contributed by atoms with Crippen molar-refractivity contribution in [1.29, 1.82) is 0 Å². The SMILES string of the molecule is CCC1Nc2c(C)cccc2N1c1ccc(CCNC(=O)NS(=O)(=O)c2ccc(C)cc2)cc1. The molecule has 3 aromatic carbocycles. The van der Waals surface area contributed by atoms with Gasteiger partial charge in [0.2, 0.25) is 0 Å². The second-order valence-corrected chi connectivity index (χ2v) is 10.2. The van der Waals surface area contributed by atoms with Crippen molar-refractivity contribution in [2.24, 2.45) is 0 Å². The Morgan fingerprint density at radius 1 is 1.00 bits per heavy atom. The first-order chi connectivity index (χ1) is 16.3. The molecule has 0 spiro atoms. The molecule has 4 rings (SSSR count). The first kappa shape index (κ1) is 23.6. The third-order valence-corrected chi connectivity index (χ3v) is 7.34. The van der Waals surface area contributed by atoms with E-state index in [0.29, 0.717) is 13.0 Å². The van der Waals surface area contributed by atoms with Gasteiger partial charge in [-0.1, -0.05) is 48.9 Å². The number of sulfonamides is 1. The average Bonchev–Trinajstić information content (AvgIpc) is 3.19. The molecule has 0 aliphatic carbocycles. The van der Waals surface area contributed by atoms with Crippen LogP contribution < -0.4 is 20.3 Å². The van der Waals surface area contributed by atoms with E-state index in [2.05, 4.69) is 64.4 Å². The highest BCUT2D eigenvalue weighted by Gasteiger charge is 2.29. The zero-order valence-corrected chi connectivity index (χ0v) is 20.4. The number of nitrogens with one attached hydrogen (secondary N) is 3. The quantitative estimate of drug-likeness (QED) is 0.452. The number of amides is 2. The molecule has 0 radical (unpaired) electrons. The van der Waals surface area contributed by atoms with Gasteiger partial charge >= 0.3 is 6.03 Å². The Morgan fingerprint density at radius 2 is 1.71 bits per heavy atom. The molecule has 1 atom stereocenters. The summed E-state index contributed by atoms with van der Waals surface area (Å²) in [6.07, 6.45) is 1.74. The predicted octanol–water partition coefficient (Wildman–Crippen LogP) is 4.83. The van der Waals surface area contributed by atoms with Crippen LogP contribution in [-0.4, -0.2) is 27.2 Å². The maximum Gasteiger partial charge on any atom is 0.328 e. The summed E-state index contributed by atoms with van der Waals surface area (Å²) in [6.45, 7) is 6.46. The highest BCUT2D eigenvalue weighted by molar-refractivity contribution is 7.90. The van der Waals surface area contributed by atoms with Gasteiger partial charge in [-0.25, -0.2) is 17.9 Å². The fraction of sp³-hybridized carbons (Fsp3) is 0.269. The van der Waals surface area contributed by atoms with Crippen LogP contribution >= 0.6 is 0 Å². The van der Waals surface area contributed by atoms with Gasteiger partial charge in [0.05, 0.1) is 16.3 Å². The molecular weight excluding hydrogens is 448 g/mol. The number of carbonyl (C=O) groups is 1. The van der Waals surface area contributed by atoms with E-state index in [-0.39, 0.29) is 11.1 Å². The minimum absolute atomic E-state index is 0.0578. The lowest BCUT2D eigenvalue weighted by molar-refractivity contribution is 0.246. The van der Waals surface area contributed by atoms with Crippen molar-refractivity contribution in [2.75, 3.05) is 16.8 Å². The lowest BCUT2D eigenvalue weighted by Crippen LogP contribution is -2.40. The largest absolute Gasteiger partial charge is 0.363 e. The third kappa shape index (κ3) is 5.02. The number of fused-ring (bicyclic) bond motifs is 1. The molecule has 1 aliphatic heterocycles. The molecule has 0 bridgehead atoms. The predicted molar refractivity (Wildman–Crippen MR) is 136 cm³/mol. The van der Waals surface area contributed by atoms with Crippen LogP contribution in [-0.2, 0) is 16.4 Å². The van der Waals surface area contributed by atoms with E-state index in [0.717, 1.165) is 23.2 Å². The Hall–Kier alpha value is -3.52. The maximum atomic E-state index is 12.3. The van der Waals surface area contributed by atoms with Crippen molar-refractivity contribution in [3.63, 3.8) is 0 Å². The summed E-state index contributed by atoms with van der Waals surface area (Å²) in [7, 11) is -3.90. The molecule has 0 aromatic heterocycles. The van der Waals surface area contributed by atoms with E-state index in [1.807, 2.05) is 19.1 Å². The molecule has 1 unspecified atom stereocenters. The van der Waals surface area contributed by atoms with Gasteiger partial charge in [-0.15, -0.1) is 0 Å². The van der Waals surface area contributed by atoms with E-state index in [1.54, 1.807) is 12.1 Å². The summed E-state index contributed by atoms with van der Waals surface area (Å²) < 4.78 is 26.7. The second kappa shape index (κ2) is 9.77. The maximum absolute atomic E-state index is 12.3. The molecule has 0 fully saturated rings. The monoisotopic (exact) mass is 478 g/mol. The van der Waals surface area contributed by atoms with Crippen molar-refractivity contribution in [1.82, 2.24) is 10.0 Å². The lowest BCUT2D eigenvalue weighted by Gasteiger charge is -2.26. The molecule has 1 aliphatic rings. The van der Waals surface area contributed by atoms with Crippen LogP contribution in [0.15, 0.2) is 71.6 Å². The van der Waals surface area contributed by atoms with Gasteiger partial charge in [-0.2, -0.15) is 0 Å². The van der Waals surface area contributed by atoms with Crippen molar-refractivity contribution < 1.29 is 13.2 Å². The van der Waals surface area contributed by atoms with Crippen LogP contribution in [0.1, 0.15) is 30.0 Å². The Balaban J connectivity index is 1.34. The minimum Gasteiger partial charge on any atom is -0.363 e. The zero-order valence-electron chi connectivity index (χ0n) is 19.6. The van der Waals surface area contributed by atoms with Gasteiger partial charge in [0.25, 0.3) is 10.0 Å². The van der Waals surface area contributed by atoms with Gasteiger partial charge < -0.3 is 15.5 Å². The lowest BCUT2D eigenvalue weighted by atomic mass is 10.1. The smallest absolute Gasteiger partial charge is 0.328 e. The molecule has 1 heterocycles. The Bertz CT molecular complexity index is 1270. The summed E-state index contributed by atoms with van der Waals surface area (Å²) in [5, 5.41) is 6.24. The van der Waals surface area contributed by atoms with Crippen molar-refractivity contribution in [3.8, 4) is 0 Å². The van der Waals surface area contributed by atoms with Gasteiger partial charge in [0, 0.05) is 12.2 Å². The van der Waals surface area contributed by atoms with Gasteiger partial charge in [0.15, 0.2) is 0 Å². The number of nitrogens with zero attached hydrogens (tertiary/aromatic N) is 1. The van der Waals surface area contributed by atoms with Crippen LogP contribution in [0.3, 0.4) is 0 Å². The van der Waals surface area contributed by atoms with Crippen LogP contribution in [0, 0.1) is 13.8 Å². The minimum atomic E-state index is -3.90. The van der Waals surface area contributed by atoms with Crippen LogP contribution in [0.25, 0.3) is 0 Å². The van der Waals surface area contributed by atoms with Crippen LogP contribution in [0.2, 0.25) is 0 Å². The number of hydrogen-bond acceptors (Lipinski definition) is 5. The molecule has 3 N–H and O–H groups in total. The Morgan fingerprint density at radius 3 is 2.38 bits per heavy atom. The van der Waals surface area contributed by atoms with Crippen molar-refractivity contribution >= 4 is 33.1 Å². The van der Waals surface area contributed by atoms with E-state index in [4.69, 9.17) is 0 Å². The number of benzene rings is 3. The fourth-order valence-corrected chi connectivity index (χ4v) is 5.05. The molecule has 2 amide bonds. The van der Waals surface area contributed by atoms with Crippen molar-refractivity contribution in [2.45, 2.75) is 44.7 Å². The molecule has 3 aromatic rings. The number of carbonyl (C=O) groups excluding carboxylic acids is 1. The summed E-state index contributed by atoms with van der Waals surface area (Å²) in [5.41, 5.74) is 6.67. The number of rotatable bonds is 7. The first-order valence-corrected chi connectivity index (χ1v) is 12.9. The second-order valence-electron chi connectivity index (χ2n) is 8.50. The molecule has 178 valence electrons. The zero-order chi connectivity index (χ0) is 24.3. The van der Waals surface area contributed by atoms with Gasteiger partial charge in [0.1, 0.15) is 6.17 Å². The molecule has 8 heteroatoms. The molecular formula is C26H30N4O3S. The van der Waals surface area contributed by atoms with E-state index < -0.39 is 16.1 Å². The number of para-hydroxylation sites is 1. The highest BCUT2D eigenvalue weighted by atomic mass is 32.2. The topological polar surface area (TPSA) is 90.5 Å². The van der Waals surface area contributed by atoms with Crippen LogP contribution in [0.4, 0.5) is 21.9 Å². The Kier molecular flexibility index (Phi) is 6.79. The molecule has 0 saturated carbocycles. The third-order valence-electron chi connectivity index (χ3n) is 5.99. The number of urea groups is 1. The number of anilines is 3. The summed E-state index contributed by atoms with van der Waals surface area (Å²) in [5.74, 6) is 0. The molecule has 34 heavy (non-hydrogen) atoms. The van der Waals surface area contributed by atoms with Crippen molar-refractivity contribution in [3.05, 3.63) is 83.4 Å². The highest BCUT2D eigenvalue weighted by Crippen LogP contribution is 2.42. The molecule has 0 saturated heterocycles. The van der Waals surface area contributed by atoms with Gasteiger partial charge in [-0.3, -0.25) is 0 Å². The summed E-state index contributed by atoms with van der Waals surface area (Å²) in [4.78, 5) is 14.5. The van der Waals surface area contributed by atoms with E-state index in [1.165, 1.54) is 29.1 Å². The summed E-state index contributed by atoms with van der Waals surface area (Å²) in [6, 6.07) is 20.2. The van der Waals surface area contributed by atoms with E-state index >= 15 is 0 Å². The number of aryl methyl sites for hydroxylation is 2. The average molecular weight is 479 g/mol.